The molecule has 0 aromatic rings. The van der Waals surface area contributed by atoms with Crippen molar-refractivity contribution in [2.75, 3.05) is 26.4 Å². The first-order valence-corrected chi connectivity index (χ1v) is 23.7. The predicted molar refractivity (Wildman–Crippen MR) is 220 cm³/mol. The molecule has 2 unspecified atom stereocenters. The van der Waals surface area contributed by atoms with E-state index in [-0.39, 0.29) is 38.6 Å². The molecule has 0 bridgehead atoms. The van der Waals surface area contributed by atoms with Gasteiger partial charge >= 0.3 is 19.8 Å². The van der Waals surface area contributed by atoms with Crippen LogP contribution in [0.25, 0.3) is 0 Å². The summed E-state index contributed by atoms with van der Waals surface area (Å²) in [5.74, 6) is -0.822. The van der Waals surface area contributed by atoms with E-state index < -0.39 is 26.5 Å². The fourth-order valence-corrected chi connectivity index (χ4v) is 7.10. The standard InChI is InChI=1S/C43H84NO8P/c1-3-5-7-9-11-13-15-16-17-18-19-20-21-22-23-24-26-28-30-32-34-36-43(46)52-41(40-51-53(47,48)50-38-37-44)39-49-42(45)35-33-31-29-27-25-14-12-10-8-6-4-2/h18-19,41H,3-17,20-40,44H2,1-2H3,(H,47,48)/b19-18-. The van der Waals surface area contributed by atoms with Crippen LogP contribution in [0, 0.1) is 0 Å². The van der Waals surface area contributed by atoms with Crippen molar-refractivity contribution in [2.24, 2.45) is 5.73 Å². The van der Waals surface area contributed by atoms with Crippen LogP contribution in [0.2, 0.25) is 0 Å². The van der Waals surface area contributed by atoms with Gasteiger partial charge in [-0.2, -0.15) is 0 Å². The fourth-order valence-electron chi connectivity index (χ4n) is 6.34. The Bertz CT molecular complexity index is 886. The molecule has 0 aliphatic carbocycles. The summed E-state index contributed by atoms with van der Waals surface area (Å²) >= 11 is 0. The summed E-state index contributed by atoms with van der Waals surface area (Å²) in [4.78, 5) is 34.8. The van der Waals surface area contributed by atoms with Crippen LogP contribution in [0.4, 0.5) is 0 Å². The van der Waals surface area contributed by atoms with Gasteiger partial charge in [0.05, 0.1) is 13.2 Å². The monoisotopic (exact) mass is 774 g/mol. The lowest BCUT2D eigenvalue weighted by molar-refractivity contribution is -0.161. The summed E-state index contributed by atoms with van der Waals surface area (Å²) in [6.45, 7) is 3.75. The Morgan fingerprint density at radius 1 is 0.547 bits per heavy atom. The molecular weight excluding hydrogens is 689 g/mol. The van der Waals surface area contributed by atoms with Gasteiger partial charge in [-0.05, 0) is 38.5 Å². The van der Waals surface area contributed by atoms with Crippen molar-refractivity contribution in [1.29, 1.82) is 0 Å². The van der Waals surface area contributed by atoms with Gasteiger partial charge in [-0.3, -0.25) is 18.6 Å². The van der Waals surface area contributed by atoms with E-state index in [1.165, 1.54) is 148 Å². The van der Waals surface area contributed by atoms with E-state index in [4.69, 9.17) is 24.3 Å². The van der Waals surface area contributed by atoms with Crippen LogP contribution in [-0.2, 0) is 32.7 Å². The number of phosphoric acid groups is 1. The summed E-state index contributed by atoms with van der Waals surface area (Å²) in [6, 6.07) is 0. The maximum absolute atomic E-state index is 12.6. The molecule has 0 fully saturated rings. The molecule has 0 radical (unpaired) electrons. The molecule has 0 spiro atoms. The maximum atomic E-state index is 12.6. The third-order valence-corrected chi connectivity index (χ3v) is 10.6. The van der Waals surface area contributed by atoms with Gasteiger partial charge < -0.3 is 20.1 Å². The smallest absolute Gasteiger partial charge is 0.462 e. The van der Waals surface area contributed by atoms with Crippen LogP contribution in [0.1, 0.15) is 219 Å². The summed E-state index contributed by atoms with van der Waals surface area (Å²) in [5.41, 5.74) is 5.34. The predicted octanol–water partition coefficient (Wildman–Crippen LogP) is 12.6. The molecule has 9 nitrogen and oxygen atoms in total. The summed E-state index contributed by atoms with van der Waals surface area (Å²) in [5, 5.41) is 0. The molecule has 53 heavy (non-hydrogen) atoms. The van der Waals surface area contributed by atoms with E-state index in [2.05, 4.69) is 26.0 Å². The largest absolute Gasteiger partial charge is 0.472 e. The first-order chi connectivity index (χ1) is 25.8. The van der Waals surface area contributed by atoms with Crippen molar-refractivity contribution >= 4 is 19.8 Å². The molecule has 0 aromatic heterocycles. The number of hydrogen-bond acceptors (Lipinski definition) is 8. The van der Waals surface area contributed by atoms with Crippen LogP contribution < -0.4 is 5.73 Å². The number of nitrogens with two attached hydrogens (primary N) is 1. The average Bonchev–Trinajstić information content (AvgIpc) is 3.14. The Kier molecular flexibility index (Phi) is 39.5. The summed E-state index contributed by atoms with van der Waals surface area (Å²) in [6.07, 6.45) is 41.0. The maximum Gasteiger partial charge on any atom is 0.472 e. The molecule has 0 saturated carbocycles. The van der Waals surface area contributed by atoms with Gasteiger partial charge in [0.15, 0.2) is 6.10 Å². The number of rotatable bonds is 42. The lowest BCUT2D eigenvalue weighted by atomic mass is 10.1. The van der Waals surface area contributed by atoms with Crippen molar-refractivity contribution in [3.05, 3.63) is 12.2 Å². The molecule has 0 aliphatic rings. The van der Waals surface area contributed by atoms with E-state index in [1.54, 1.807) is 0 Å². The quantitative estimate of drug-likeness (QED) is 0.0269. The molecule has 10 heteroatoms. The normalized spacial score (nSPS) is 13.4. The number of phosphoric ester groups is 1. The molecule has 0 heterocycles. The van der Waals surface area contributed by atoms with Gasteiger partial charge in [0.2, 0.25) is 0 Å². The molecule has 3 N–H and O–H groups in total. The van der Waals surface area contributed by atoms with Crippen LogP contribution in [0.3, 0.4) is 0 Å². The topological polar surface area (TPSA) is 134 Å². The van der Waals surface area contributed by atoms with E-state index in [9.17, 15) is 19.0 Å². The van der Waals surface area contributed by atoms with E-state index in [1.807, 2.05) is 0 Å². The molecule has 0 saturated heterocycles. The van der Waals surface area contributed by atoms with Crippen LogP contribution >= 0.6 is 7.82 Å². The lowest BCUT2D eigenvalue weighted by Gasteiger charge is -2.19. The first-order valence-electron chi connectivity index (χ1n) is 22.2. The highest BCUT2D eigenvalue weighted by atomic mass is 31.2. The lowest BCUT2D eigenvalue weighted by Crippen LogP contribution is -2.29. The summed E-state index contributed by atoms with van der Waals surface area (Å²) in [7, 11) is -4.37. The average molecular weight is 774 g/mol. The number of esters is 2. The van der Waals surface area contributed by atoms with Crippen LogP contribution in [0.5, 0.6) is 0 Å². The number of carbonyl (C=O) groups is 2. The number of carbonyl (C=O) groups excluding carboxylic acids is 2. The molecule has 0 amide bonds. The van der Waals surface area contributed by atoms with Crippen molar-refractivity contribution in [1.82, 2.24) is 0 Å². The number of ether oxygens (including phenoxy) is 2. The highest BCUT2D eigenvalue weighted by Crippen LogP contribution is 2.43. The zero-order valence-electron chi connectivity index (χ0n) is 34.5. The van der Waals surface area contributed by atoms with Gasteiger partial charge in [-0.1, -0.05) is 180 Å². The van der Waals surface area contributed by atoms with E-state index in [0.29, 0.717) is 6.42 Å². The van der Waals surface area contributed by atoms with Gasteiger partial charge in [-0.25, -0.2) is 4.57 Å². The Morgan fingerprint density at radius 2 is 0.925 bits per heavy atom. The Balaban J connectivity index is 4.06. The van der Waals surface area contributed by atoms with Gasteiger partial charge in [0.1, 0.15) is 6.61 Å². The second kappa shape index (κ2) is 40.4. The molecular formula is C43H84NO8P. The Morgan fingerprint density at radius 3 is 1.34 bits per heavy atom. The minimum absolute atomic E-state index is 0.0559. The fraction of sp³-hybridized carbons (Fsp3) is 0.907. The Hall–Kier alpha value is -1.25. The third kappa shape index (κ3) is 40.2. The minimum atomic E-state index is -4.37. The van der Waals surface area contributed by atoms with Gasteiger partial charge in [0, 0.05) is 19.4 Å². The number of hydrogen-bond donors (Lipinski definition) is 2. The SMILES string of the molecule is CCCCCCCCCC/C=C\CCCCCCCCCCCC(=O)OC(COC(=O)CCCCCCCCCCCCC)COP(=O)(O)OCCN. The van der Waals surface area contributed by atoms with Crippen LogP contribution in [0.15, 0.2) is 12.2 Å². The zero-order valence-corrected chi connectivity index (χ0v) is 35.4. The molecule has 314 valence electrons. The second-order valence-corrected chi connectivity index (χ2v) is 16.4. The van der Waals surface area contributed by atoms with Crippen LogP contribution in [-0.4, -0.2) is 49.3 Å². The third-order valence-electron chi connectivity index (χ3n) is 9.65. The molecule has 0 rings (SSSR count). The van der Waals surface area contributed by atoms with Crippen molar-refractivity contribution in [2.45, 2.75) is 225 Å². The first kappa shape index (κ1) is 51.8. The number of allylic oxidation sites excluding steroid dienone is 2. The van der Waals surface area contributed by atoms with Gasteiger partial charge in [0.25, 0.3) is 0 Å². The molecule has 2 atom stereocenters. The minimum Gasteiger partial charge on any atom is -0.462 e. The number of unbranched alkanes of at least 4 members (excludes halogenated alkanes) is 27. The summed E-state index contributed by atoms with van der Waals surface area (Å²) < 4.78 is 32.7. The highest BCUT2D eigenvalue weighted by molar-refractivity contribution is 7.47. The molecule has 0 aliphatic heterocycles. The van der Waals surface area contributed by atoms with E-state index >= 15 is 0 Å². The second-order valence-electron chi connectivity index (χ2n) is 14.9. The van der Waals surface area contributed by atoms with Crippen molar-refractivity contribution in [3.8, 4) is 0 Å². The zero-order chi connectivity index (χ0) is 38.9. The van der Waals surface area contributed by atoms with E-state index in [0.717, 1.165) is 38.5 Å². The van der Waals surface area contributed by atoms with Crippen molar-refractivity contribution < 1.29 is 37.6 Å². The highest BCUT2D eigenvalue weighted by Gasteiger charge is 2.26. The van der Waals surface area contributed by atoms with Gasteiger partial charge in [-0.15, -0.1) is 0 Å². The molecule has 0 aromatic carbocycles. The van der Waals surface area contributed by atoms with Crippen molar-refractivity contribution in [3.63, 3.8) is 0 Å². The Labute approximate surface area is 326 Å².